The van der Waals surface area contributed by atoms with Crippen LogP contribution in [0.4, 0.5) is 14.5 Å². The highest BCUT2D eigenvalue weighted by molar-refractivity contribution is 5.97. The lowest BCUT2D eigenvalue weighted by atomic mass is 10.1. The van der Waals surface area contributed by atoms with Gasteiger partial charge in [-0.3, -0.25) is 9.69 Å². The van der Waals surface area contributed by atoms with Gasteiger partial charge in [0.15, 0.2) is 0 Å². The summed E-state index contributed by atoms with van der Waals surface area (Å²) in [5.41, 5.74) is 0.767. The number of hydrogen-bond acceptors (Lipinski definition) is 3. The summed E-state index contributed by atoms with van der Waals surface area (Å²) in [6.07, 6.45) is 0. The Hall–Kier alpha value is -2.47. The molecular formula is C20H22F2N2O2. The molecule has 1 fully saturated rings. The second-order valence-electron chi connectivity index (χ2n) is 6.27. The monoisotopic (exact) mass is 360 g/mol. The molecule has 1 aliphatic heterocycles. The maximum atomic E-state index is 13.9. The molecule has 4 nitrogen and oxygen atoms in total. The Bertz CT molecular complexity index is 777. The highest BCUT2D eigenvalue weighted by Crippen LogP contribution is 2.26. The standard InChI is InChI=1S/C20H22F2N2O2/c1-3-26-16-7-4-6-15(12-16)24-11-10-23(14(2)20(24)25)13-17-18(21)8-5-9-19(17)22/h4-9,12,14H,3,10-11,13H2,1-2H3/t14-/m0/s1. The highest BCUT2D eigenvalue weighted by atomic mass is 19.1. The van der Waals surface area contributed by atoms with Crippen molar-refractivity contribution in [2.45, 2.75) is 26.4 Å². The SMILES string of the molecule is CCOc1cccc(N2CCN(Cc3c(F)cccc3F)[C@@H](C)C2=O)c1. The lowest BCUT2D eigenvalue weighted by Gasteiger charge is -2.39. The normalized spacial score (nSPS) is 18.2. The van der Waals surface area contributed by atoms with E-state index in [0.29, 0.717) is 25.4 Å². The molecular weight excluding hydrogens is 338 g/mol. The van der Waals surface area contributed by atoms with Crippen molar-refractivity contribution in [2.24, 2.45) is 0 Å². The number of carbonyl (C=O) groups is 1. The van der Waals surface area contributed by atoms with Crippen LogP contribution in [0.2, 0.25) is 0 Å². The first kappa shape index (κ1) is 18.3. The van der Waals surface area contributed by atoms with Crippen molar-refractivity contribution in [1.29, 1.82) is 0 Å². The number of benzene rings is 2. The molecule has 2 aromatic rings. The van der Waals surface area contributed by atoms with E-state index in [4.69, 9.17) is 4.74 Å². The molecule has 1 saturated heterocycles. The molecule has 1 atom stereocenters. The van der Waals surface area contributed by atoms with E-state index >= 15 is 0 Å². The third kappa shape index (κ3) is 3.70. The van der Waals surface area contributed by atoms with Crippen LogP contribution in [0, 0.1) is 11.6 Å². The topological polar surface area (TPSA) is 32.8 Å². The Balaban J connectivity index is 1.75. The molecule has 3 rings (SSSR count). The molecule has 0 aromatic heterocycles. The van der Waals surface area contributed by atoms with Crippen molar-refractivity contribution in [3.63, 3.8) is 0 Å². The van der Waals surface area contributed by atoms with Gasteiger partial charge < -0.3 is 9.64 Å². The van der Waals surface area contributed by atoms with E-state index in [1.54, 1.807) is 16.7 Å². The molecule has 2 aromatic carbocycles. The number of hydrogen-bond donors (Lipinski definition) is 0. The number of amides is 1. The van der Waals surface area contributed by atoms with Crippen molar-refractivity contribution in [3.8, 4) is 5.75 Å². The summed E-state index contributed by atoms with van der Waals surface area (Å²) in [5.74, 6) is -0.559. The summed E-state index contributed by atoms with van der Waals surface area (Å²) >= 11 is 0. The molecule has 26 heavy (non-hydrogen) atoms. The molecule has 0 N–H and O–H groups in total. The number of nitrogens with zero attached hydrogens (tertiary/aromatic N) is 2. The van der Waals surface area contributed by atoms with Gasteiger partial charge in [-0.1, -0.05) is 12.1 Å². The second-order valence-corrected chi connectivity index (χ2v) is 6.27. The van der Waals surface area contributed by atoms with E-state index in [-0.39, 0.29) is 18.0 Å². The number of anilines is 1. The van der Waals surface area contributed by atoms with Crippen molar-refractivity contribution >= 4 is 11.6 Å². The predicted octanol–water partition coefficient (Wildman–Crippen LogP) is 3.60. The van der Waals surface area contributed by atoms with E-state index in [0.717, 1.165) is 5.69 Å². The van der Waals surface area contributed by atoms with Gasteiger partial charge in [0, 0.05) is 37.0 Å². The summed E-state index contributed by atoms with van der Waals surface area (Å²) < 4.78 is 33.3. The van der Waals surface area contributed by atoms with Crippen molar-refractivity contribution in [1.82, 2.24) is 4.90 Å². The van der Waals surface area contributed by atoms with Gasteiger partial charge in [0.1, 0.15) is 17.4 Å². The van der Waals surface area contributed by atoms with E-state index in [2.05, 4.69) is 0 Å². The minimum Gasteiger partial charge on any atom is -0.494 e. The lowest BCUT2D eigenvalue weighted by Crippen LogP contribution is -2.55. The number of halogens is 2. The van der Waals surface area contributed by atoms with Crippen LogP contribution in [-0.4, -0.2) is 36.5 Å². The summed E-state index contributed by atoms with van der Waals surface area (Å²) in [6, 6.07) is 10.7. The van der Waals surface area contributed by atoms with Crippen molar-refractivity contribution in [3.05, 3.63) is 59.7 Å². The third-order valence-corrected chi connectivity index (χ3v) is 4.65. The molecule has 6 heteroatoms. The Morgan fingerprint density at radius 3 is 2.50 bits per heavy atom. The lowest BCUT2D eigenvalue weighted by molar-refractivity contribution is -0.125. The van der Waals surface area contributed by atoms with Crippen molar-refractivity contribution < 1.29 is 18.3 Å². The number of ether oxygens (including phenoxy) is 1. The summed E-state index contributed by atoms with van der Waals surface area (Å²) in [7, 11) is 0. The Morgan fingerprint density at radius 1 is 1.12 bits per heavy atom. The molecule has 0 aliphatic carbocycles. The summed E-state index contributed by atoms with van der Waals surface area (Å²) in [6.45, 7) is 5.27. The maximum absolute atomic E-state index is 13.9. The molecule has 0 saturated carbocycles. The number of carbonyl (C=O) groups excluding carboxylic acids is 1. The number of piperazine rings is 1. The summed E-state index contributed by atoms with van der Waals surface area (Å²) in [5, 5.41) is 0. The van der Waals surface area contributed by atoms with Crippen LogP contribution in [0.15, 0.2) is 42.5 Å². The van der Waals surface area contributed by atoms with Crippen LogP contribution < -0.4 is 9.64 Å². The van der Waals surface area contributed by atoms with Crippen LogP contribution in [0.25, 0.3) is 0 Å². The largest absolute Gasteiger partial charge is 0.494 e. The molecule has 1 amide bonds. The van der Waals surface area contributed by atoms with Crippen LogP contribution in [0.1, 0.15) is 19.4 Å². The molecule has 138 valence electrons. The minimum atomic E-state index is -0.587. The second kappa shape index (κ2) is 7.83. The zero-order valence-corrected chi connectivity index (χ0v) is 14.9. The third-order valence-electron chi connectivity index (χ3n) is 4.65. The van der Waals surface area contributed by atoms with Gasteiger partial charge >= 0.3 is 0 Å². The molecule has 1 aliphatic rings. The summed E-state index contributed by atoms with van der Waals surface area (Å²) in [4.78, 5) is 16.3. The zero-order valence-electron chi connectivity index (χ0n) is 14.9. The fourth-order valence-electron chi connectivity index (χ4n) is 3.18. The Kier molecular flexibility index (Phi) is 5.52. The first-order valence-corrected chi connectivity index (χ1v) is 8.72. The van der Waals surface area contributed by atoms with E-state index < -0.39 is 17.7 Å². The highest BCUT2D eigenvalue weighted by Gasteiger charge is 2.33. The smallest absolute Gasteiger partial charge is 0.244 e. The maximum Gasteiger partial charge on any atom is 0.244 e. The van der Waals surface area contributed by atoms with E-state index in [9.17, 15) is 13.6 Å². The first-order chi connectivity index (χ1) is 12.5. The number of rotatable bonds is 5. The molecule has 1 heterocycles. The average molecular weight is 360 g/mol. The van der Waals surface area contributed by atoms with Gasteiger partial charge in [0.05, 0.1) is 12.6 Å². The molecule has 0 spiro atoms. The van der Waals surface area contributed by atoms with Crippen LogP contribution >= 0.6 is 0 Å². The fourth-order valence-corrected chi connectivity index (χ4v) is 3.18. The van der Waals surface area contributed by atoms with Gasteiger partial charge in [-0.2, -0.15) is 0 Å². The fraction of sp³-hybridized carbons (Fsp3) is 0.350. The average Bonchev–Trinajstić information content (AvgIpc) is 2.62. The minimum absolute atomic E-state index is 0.000979. The van der Waals surface area contributed by atoms with E-state index in [1.165, 1.54) is 18.2 Å². The van der Waals surface area contributed by atoms with E-state index in [1.807, 2.05) is 31.2 Å². The van der Waals surface area contributed by atoms with Crippen molar-refractivity contribution in [2.75, 3.05) is 24.6 Å². The van der Waals surface area contributed by atoms with Gasteiger partial charge in [0.2, 0.25) is 5.91 Å². The van der Waals surface area contributed by atoms with Gasteiger partial charge in [-0.25, -0.2) is 8.78 Å². The van der Waals surface area contributed by atoms with Gasteiger partial charge in [-0.05, 0) is 38.1 Å². The van der Waals surface area contributed by atoms with Gasteiger partial charge in [0.25, 0.3) is 0 Å². The van der Waals surface area contributed by atoms with Gasteiger partial charge in [-0.15, -0.1) is 0 Å². The van der Waals surface area contributed by atoms with Crippen LogP contribution in [0.3, 0.4) is 0 Å². The first-order valence-electron chi connectivity index (χ1n) is 8.72. The Morgan fingerprint density at radius 2 is 1.81 bits per heavy atom. The quantitative estimate of drug-likeness (QED) is 0.817. The molecule has 0 unspecified atom stereocenters. The Labute approximate surface area is 152 Å². The molecule has 0 bridgehead atoms. The predicted molar refractivity (Wildman–Crippen MR) is 96.2 cm³/mol. The van der Waals surface area contributed by atoms with Crippen LogP contribution in [0.5, 0.6) is 5.75 Å². The zero-order chi connectivity index (χ0) is 18.7. The molecule has 0 radical (unpaired) electrons. The van der Waals surface area contributed by atoms with Crippen LogP contribution in [-0.2, 0) is 11.3 Å².